The van der Waals surface area contributed by atoms with Gasteiger partial charge in [-0.3, -0.25) is 0 Å². The molecule has 0 atom stereocenters. The summed E-state index contributed by atoms with van der Waals surface area (Å²) >= 11 is 0. The van der Waals surface area contributed by atoms with E-state index in [4.69, 9.17) is 9.47 Å². The Kier molecular flexibility index (Phi) is 2.50. The Bertz CT molecular complexity index is 742. The highest BCUT2D eigenvalue weighted by Crippen LogP contribution is 2.28. The summed E-state index contributed by atoms with van der Waals surface area (Å²) in [6, 6.07) is 20.3. The van der Waals surface area contributed by atoms with Crippen molar-refractivity contribution in [3.05, 3.63) is 60.2 Å². The smallest absolute Gasteiger partial charge is 0.184 e. The average Bonchev–Trinajstić information content (AvgIpc) is 2.98. The molecular weight excluding hydrogens is 236 g/mol. The first-order valence-corrected chi connectivity index (χ1v) is 6.48. The van der Waals surface area contributed by atoms with Gasteiger partial charge < -0.3 is 9.47 Å². The summed E-state index contributed by atoms with van der Waals surface area (Å²) in [5.41, 5.74) is 0.972. The molecule has 0 saturated carbocycles. The number of hydrogen-bond donors (Lipinski definition) is 0. The van der Waals surface area contributed by atoms with Gasteiger partial charge in [0.1, 0.15) is 0 Å². The second kappa shape index (κ2) is 4.34. The highest BCUT2D eigenvalue weighted by molar-refractivity contribution is 5.98. The molecule has 0 amide bonds. The maximum Gasteiger partial charge on any atom is 0.184 e. The monoisotopic (exact) mass is 249 g/mol. The van der Waals surface area contributed by atoms with E-state index in [1.165, 1.54) is 16.2 Å². The van der Waals surface area contributed by atoms with Crippen LogP contribution in [0, 0.1) is 6.07 Å². The molecule has 1 fully saturated rings. The SMILES string of the molecule is [c]1c(C2OCCO2)ccc2cc3ccccc3cc12. The van der Waals surface area contributed by atoms with Crippen molar-refractivity contribution in [3.63, 3.8) is 0 Å². The van der Waals surface area contributed by atoms with E-state index in [9.17, 15) is 0 Å². The van der Waals surface area contributed by atoms with Crippen LogP contribution in [0.2, 0.25) is 0 Å². The molecule has 2 nitrogen and oxygen atoms in total. The van der Waals surface area contributed by atoms with Crippen molar-refractivity contribution in [2.75, 3.05) is 13.2 Å². The average molecular weight is 249 g/mol. The first-order chi connectivity index (χ1) is 9.40. The summed E-state index contributed by atoms with van der Waals surface area (Å²) in [6.45, 7) is 1.32. The zero-order valence-corrected chi connectivity index (χ0v) is 10.4. The number of hydrogen-bond acceptors (Lipinski definition) is 2. The van der Waals surface area contributed by atoms with Crippen LogP contribution in [0.15, 0.2) is 48.5 Å². The van der Waals surface area contributed by atoms with Gasteiger partial charge in [0.25, 0.3) is 0 Å². The molecule has 0 aliphatic carbocycles. The minimum atomic E-state index is -0.254. The fourth-order valence-electron chi connectivity index (χ4n) is 2.56. The fourth-order valence-corrected chi connectivity index (χ4v) is 2.56. The van der Waals surface area contributed by atoms with E-state index in [0.717, 1.165) is 10.9 Å². The standard InChI is InChI=1S/C17H13O2/c1-2-4-13-10-16-11-15(17-18-7-8-19-17)6-5-14(16)9-12(13)3-1/h1-6,9-10,17H,7-8H2. The second-order valence-electron chi connectivity index (χ2n) is 4.77. The molecule has 1 aliphatic rings. The molecule has 1 aliphatic heterocycles. The predicted octanol–water partition coefficient (Wildman–Crippen LogP) is 3.84. The predicted molar refractivity (Wildman–Crippen MR) is 74.9 cm³/mol. The summed E-state index contributed by atoms with van der Waals surface area (Å²) in [4.78, 5) is 0. The maximum atomic E-state index is 5.52. The third-order valence-corrected chi connectivity index (χ3v) is 3.52. The van der Waals surface area contributed by atoms with Crippen LogP contribution >= 0.6 is 0 Å². The normalized spacial score (nSPS) is 16.4. The molecule has 2 heteroatoms. The number of benzene rings is 3. The lowest BCUT2D eigenvalue weighted by molar-refractivity contribution is -0.0442. The van der Waals surface area contributed by atoms with Gasteiger partial charge in [0.2, 0.25) is 0 Å². The zero-order chi connectivity index (χ0) is 12.7. The molecule has 1 radical (unpaired) electrons. The summed E-state index contributed by atoms with van der Waals surface area (Å²) in [6.07, 6.45) is -0.254. The molecule has 19 heavy (non-hydrogen) atoms. The Morgan fingerprint density at radius 1 is 0.842 bits per heavy atom. The van der Waals surface area contributed by atoms with E-state index in [2.05, 4.69) is 48.5 Å². The molecular formula is C17H13O2. The van der Waals surface area contributed by atoms with E-state index >= 15 is 0 Å². The Morgan fingerprint density at radius 2 is 1.58 bits per heavy atom. The second-order valence-corrected chi connectivity index (χ2v) is 4.77. The van der Waals surface area contributed by atoms with Crippen molar-refractivity contribution in [3.8, 4) is 0 Å². The molecule has 3 aromatic carbocycles. The molecule has 0 spiro atoms. The van der Waals surface area contributed by atoms with Crippen molar-refractivity contribution < 1.29 is 9.47 Å². The lowest BCUT2D eigenvalue weighted by atomic mass is 10.0. The van der Waals surface area contributed by atoms with Crippen LogP contribution in [-0.4, -0.2) is 13.2 Å². The van der Waals surface area contributed by atoms with E-state index in [1.54, 1.807) is 0 Å². The van der Waals surface area contributed by atoms with Crippen LogP contribution < -0.4 is 0 Å². The largest absolute Gasteiger partial charge is 0.346 e. The molecule has 0 bridgehead atoms. The van der Waals surface area contributed by atoms with Gasteiger partial charge in [-0.05, 0) is 39.7 Å². The Labute approximate surface area is 111 Å². The minimum absolute atomic E-state index is 0.254. The molecule has 1 heterocycles. The lowest BCUT2D eigenvalue weighted by Gasteiger charge is -2.10. The van der Waals surface area contributed by atoms with E-state index in [0.29, 0.717) is 13.2 Å². The van der Waals surface area contributed by atoms with Crippen LogP contribution in [0.3, 0.4) is 0 Å². The van der Waals surface area contributed by atoms with Gasteiger partial charge in [-0.2, -0.15) is 0 Å². The minimum Gasteiger partial charge on any atom is -0.346 e. The number of rotatable bonds is 1. The van der Waals surface area contributed by atoms with Crippen LogP contribution in [-0.2, 0) is 9.47 Å². The molecule has 3 aromatic rings. The van der Waals surface area contributed by atoms with Crippen LogP contribution in [0.1, 0.15) is 11.9 Å². The Morgan fingerprint density at radius 3 is 2.37 bits per heavy atom. The number of ether oxygens (including phenoxy) is 2. The number of fused-ring (bicyclic) bond motifs is 2. The highest BCUT2D eigenvalue weighted by Gasteiger charge is 2.18. The van der Waals surface area contributed by atoms with Gasteiger partial charge in [-0.1, -0.05) is 36.4 Å². The Balaban J connectivity index is 1.89. The van der Waals surface area contributed by atoms with Gasteiger partial charge in [0.05, 0.1) is 13.2 Å². The van der Waals surface area contributed by atoms with Gasteiger partial charge in [-0.15, -0.1) is 0 Å². The summed E-state index contributed by atoms with van der Waals surface area (Å²) < 4.78 is 11.0. The highest BCUT2D eigenvalue weighted by atomic mass is 16.7. The molecule has 0 aromatic heterocycles. The van der Waals surface area contributed by atoms with Crippen molar-refractivity contribution in [1.82, 2.24) is 0 Å². The molecule has 93 valence electrons. The van der Waals surface area contributed by atoms with E-state index in [-0.39, 0.29) is 6.29 Å². The third kappa shape index (κ3) is 1.89. The van der Waals surface area contributed by atoms with Gasteiger partial charge in [0.15, 0.2) is 6.29 Å². The van der Waals surface area contributed by atoms with Crippen molar-refractivity contribution in [2.24, 2.45) is 0 Å². The van der Waals surface area contributed by atoms with Crippen molar-refractivity contribution >= 4 is 21.5 Å². The van der Waals surface area contributed by atoms with Gasteiger partial charge >= 0.3 is 0 Å². The zero-order valence-electron chi connectivity index (χ0n) is 10.4. The van der Waals surface area contributed by atoms with E-state index < -0.39 is 0 Å². The summed E-state index contributed by atoms with van der Waals surface area (Å²) in [5, 5.41) is 4.79. The lowest BCUT2D eigenvalue weighted by Crippen LogP contribution is -1.97. The Hall–Kier alpha value is -1.90. The van der Waals surface area contributed by atoms with Gasteiger partial charge in [-0.25, -0.2) is 0 Å². The quantitative estimate of drug-likeness (QED) is 0.610. The van der Waals surface area contributed by atoms with Crippen molar-refractivity contribution in [1.29, 1.82) is 0 Å². The van der Waals surface area contributed by atoms with E-state index in [1.807, 2.05) is 6.07 Å². The van der Waals surface area contributed by atoms with Crippen LogP contribution in [0.5, 0.6) is 0 Å². The molecule has 0 N–H and O–H groups in total. The van der Waals surface area contributed by atoms with Crippen molar-refractivity contribution in [2.45, 2.75) is 6.29 Å². The first kappa shape index (κ1) is 11.0. The van der Waals surface area contributed by atoms with Crippen LogP contribution in [0.25, 0.3) is 21.5 Å². The first-order valence-electron chi connectivity index (χ1n) is 6.48. The summed E-state index contributed by atoms with van der Waals surface area (Å²) in [5.74, 6) is 0. The van der Waals surface area contributed by atoms with Gasteiger partial charge in [0, 0.05) is 5.56 Å². The summed E-state index contributed by atoms with van der Waals surface area (Å²) in [7, 11) is 0. The molecule has 4 rings (SSSR count). The molecule has 0 unspecified atom stereocenters. The fraction of sp³-hybridized carbons (Fsp3) is 0.176. The van der Waals surface area contributed by atoms with Crippen LogP contribution in [0.4, 0.5) is 0 Å². The maximum absolute atomic E-state index is 5.52. The topological polar surface area (TPSA) is 18.5 Å². The molecule has 1 saturated heterocycles. The third-order valence-electron chi connectivity index (χ3n) is 3.52.